The standard InChI is InChI=1S/C27H36N4O3/c1-30-14-8-10-20-17-21(12-13-23(20)30)24(31-15-6-3-7-16-31)19-29-27(33)26(32)28-18-22-9-4-5-11-25(22)34-2/h4-5,9,11-13,17,24H,3,6-8,10,14-16,18-19H2,1-2H3,(H,28,32)(H,29,33)/t24-/m1/s1. The van der Waals surface area contributed by atoms with Gasteiger partial charge in [0.05, 0.1) is 13.2 Å². The highest BCUT2D eigenvalue weighted by Gasteiger charge is 2.26. The molecule has 2 aliphatic heterocycles. The van der Waals surface area contributed by atoms with Gasteiger partial charge in [-0.2, -0.15) is 0 Å². The molecular weight excluding hydrogens is 428 g/mol. The lowest BCUT2D eigenvalue weighted by Gasteiger charge is -2.36. The molecule has 0 unspecified atom stereocenters. The maximum Gasteiger partial charge on any atom is 0.309 e. The Hall–Kier alpha value is -3.06. The van der Waals surface area contributed by atoms with Crippen molar-refractivity contribution < 1.29 is 14.3 Å². The minimum atomic E-state index is -0.629. The molecule has 2 amide bonds. The Morgan fingerprint density at radius 3 is 2.53 bits per heavy atom. The molecule has 0 saturated carbocycles. The first-order valence-electron chi connectivity index (χ1n) is 12.3. The van der Waals surface area contributed by atoms with Crippen LogP contribution in [0, 0.1) is 0 Å². The first kappa shape index (κ1) is 24.1. The van der Waals surface area contributed by atoms with E-state index in [-0.39, 0.29) is 12.6 Å². The second-order valence-electron chi connectivity index (χ2n) is 9.23. The topological polar surface area (TPSA) is 73.9 Å². The summed E-state index contributed by atoms with van der Waals surface area (Å²) in [6.45, 7) is 3.76. The fraction of sp³-hybridized carbons (Fsp3) is 0.481. The van der Waals surface area contributed by atoms with E-state index in [1.807, 2.05) is 24.3 Å². The third kappa shape index (κ3) is 5.70. The third-order valence-electron chi connectivity index (χ3n) is 6.96. The number of hydrogen-bond acceptors (Lipinski definition) is 5. The number of nitrogens with one attached hydrogen (secondary N) is 2. The number of fused-ring (bicyclic) bond motifs is 1. The van der Waals surface area contributed by atoms with E-state index in [1.54, 1.807) is 7.11 Å². The summed E-state index contributed by atoms with van der Waals surface area (Å²) in [6.07, 6.45) is 5.81. The monoisotopic (exact) mass is 464 g/mol. The zero-order valence-corrected chi connectivity index (χ0v) is 20.3. The summed E-state index contributed by atoms with van der Waals surface area (Å²) in [7, 11) is 3.73. The second-order valence-corrected chi connectivity index (χ2v) is 9.23. The van der Waals surface area contributed by atoms with Crippen molar-refractivity contribution in [2.45, 2.75) is 44.7 Å². The molecule has 1 atom stereocenters. The van der Waals surface area contributed by atoms with Gasteiger partial charge in [0.25, 0.3) is 0 Å². The molecule has 0 radical (unpaired) electrons. The lowest BCUT2D eigenvalue weighted by atomic mass is 9.95. The average molecular weight is 465 g/mol. The van der Waals surface area contributed by atoms with Crippen molar-refractivity contribution in [3.8, 4) is 5.75 Å². The van der Waals surface area contributed by atoms with Gasteiger partial charge in [-0.3, -0.25) is 14.5 Å². The smallest absolute Gasteiger partial charge is 0.309 e. The molecular formula is C27H36N4O3. The van der Waals surface area contributed by atoms with Crippen LogP contribution in [0.2, 0.25) is 0 Å². The van der Waals surface area contributed by atoms with E-state index in [9.17, 15) is 9.59 Å². The second kappa shape index (κ2) is 11.4. The number of aryl methyl sites for hydroxylation is 1. The summed E-state index contributed by atoms with van der Waals surface area (Å²) in [6, 6.07) is 14.2. The van der Waals surface area contributed by atoms with Crippen LogP contribution in [0.15, 0.2) is 42.5 Å². The predicted octanol–water partition coefficient (Wildman–Crippen LogP) is 3.04. The van der Waals surface area contributed by atoms with Gasteiger partial charge in [-0.15, -0.1) is 0 Å². The summed E-state index contributed by atoms with van der Waals surface area (Å²) in [5.41, 5.74) is 4.71. The number of carbonyl (C=O) groups excluding carboxylic acids is 2. The number of methoxy groups -OCH3 is 1. The first-order chi connectivity index (χ1) is 16.6. The van der Waals surface area contributed by atoms with Crippen molar-refractivity contribution in [3.05, 3.63) is 59.2 Å². The van der Waals surface area contributed by atoms with E-state index in [1.165, 1.54) is 23.2 Å². The van der Waals surface area contributed by atoms with Crippen molar-refractivity contribution in [1.82, 2.24) is 15.5 Å². The van der Waals surface area contributed by atoms with Gasteiger partial charge in [0.15, 0.2) is 0 Å². The lowest BCUT2D eigenvalue weighted by molar-refractivity contribution is -0.139. The molecule has 1 saturated heterocycles. The van der Waals surface area contributed by atoms with Crippen LogP contribution >= 0.6 is 0 Å². The fourth-order valence-corrected chi connectivity index (χ4v) is 5.07. The minimum Gasteiger partial charge on any atom is -0.496 e. The number of likely N-dealkylation sites (tertiary alicyclic amines) is 1. The molecule has 7 heteroatoms. The molecule has 2 N–H and O–H groups in total. The molecule has 0 aromatic heterocycles. The van der Waals surface area contributed by atoms with E-state index in [0.29, 0.717) is 12.3 Å². The molecule has 34 heavy (non-hydrogen) atoms. The summed E-state index contributed by atoms with van der Waals surface area (Å²) < 4.78 is 5.32. The summed E-state index contributed by atoms with van der Waals surface area (Å²) in [5, 5.41) is 5.61. The Bertz CT molecular complexity index is 1000. The normalized spacial score (nSPS) is 16.9. The molecule has 0 spiro atoms. The molecule has 2 aliphatic rings. The molecule has 1 fully saturated rings. The molecule has 2 heterocycles. The van der Waals surface area contributed by atoms with E-state index in [0.717, 1.165) is 50.9 Å². The number of ether oxygens (including phenoxy) is 1. The molecule has 4 rings (SSSR count). The Labute approximate surface area is 202 Å². The minimum absolute atomic E-state index is 0.0591. The van der Waals surface area contributed by atoms with Crippen LogP contribution in [0.1, 0.15) is 48.4 Å². The molecule has 7 nitrogen and oxygen atoms in total. The number of nitrogens with zero attached hydrogens (tertiary/aromatic N) is 2. The van der Waals surface area contributed by atoms with Gasteiger partial charge in [-0.05, 0) is 62.0 Å². The van der Waals surface area contributed by atoms with Crippen molar-refractivity contribution >= 4 is 17.5 Å². The first-order valence-corrected chi connectivity index (χ1v) is 12.3. The summed E-state index contributed by atoms with van der Waals surface area (Å²) >= 11 is 0. The Morgan fingerprint density at radius 1 is 0.971 bits per heavy atom. The van der Waals surface area contributed by atoms with E-state index in [2.05, 4.69) is 45.7 Å². The number of piperidine rings is 1. The largest absolute Gasteiger partial charge is 0.496 e. The highest BCUT2D eigenvalue weighted by atomic mass is 16.5. The number of carbonyl (C=O) groups is 2. The number of rotatable bonds is 7. The number of anilines is 1. The van der Waals surface area contributed by atoms with Gasteiger partial charge in [0.2, 0.25) is 0 Å². The van der Waals surface area contributed by atoms with E-state index < -0.39 is 11.8 Å². The van der Waals surface area contributed by atoms with Crippen LogP contribution in [-0.4, -0.2) is 57.1 Å². The quantitative estimate of drug-likeness (QED) is 0.616. The van der Waals surface area contributed by atoms with Crippen molar-refractivity contribution in [3.63, 3.8) is 0 Å². The maximum atomic E-state index is 12.6. The summed E-state index contributed by atoms with van der Waals surface area (Å²) in [4.78, 5) is 29.9. The van der Waals surface area contributed by atoms with Gasteiger partial charge in [-0.1, -0.05) is 36.8 Å². The Morgan fingerprint density at radius 2 is 1.74 bits per heavy atom. The van der Waals surface area contributed by atoms with Crippen LogP contribution in [0.5, 0.6) is 5.75 Å². The van der Waals surface area contributed by atoms with Crippen molar-refractivity contribution in [2.24, 2.45) is 0 Å². The van der Waals surface area contributed by atoms with Gasteiger partial charge in [0.1, 0.15) is 5.75 Å². The van der Waals surface area contributed by atoms with Crippen LogP contribution < -0.4 is 20.3 Å². The van der Waals surface area contributed by atoms with Gasteiger partial charge in [0, 0.05) is 37.9 Å². The Kier molecular flexibility index (Phi) is 8.06. The number of amides is 2. The predicted molar refractivity (Wildman–Crippen MR) is 134 cm³/mol. The van der Waals surface area contributed by atoms with Crippen LogP contribution in [0.25, 0.3) is 0 Å². The fourth-order valence-electron chi connectivity index (χ4n) is 5.07. The molecule has 0 bridgehead atoms. The van der Waals surface area contributed by atoms with Crippen LogP contribution in [0.3, 0.4) is 0 Å². The lowest BCUT2D eigenvalue weighted by Crippen LogP contribution is -2.45. The van der Waals surface area contributed by atoms with Gasteiger partial charge in [-0.25, -0.2) is 0 Å². The zero-order chi connectivity index (χ0) is 23.9. The van der Waals surface area contributed by atoms with E-state index in [4.69, 9.17) is 4.74 Å². The van der Waals surface area contributed by atoms with Gasteiger partial charge < -0.3 is 20.3 Å². The third-order valence-corrected chi connectivity index (χ3v) is 6.96. The molecule has 2 aromatic rings. The highest BCUT2D eigenvalue weighted by molar-refractivity contribution is 6.35. The van der Waals surface area contributed by atoms with Crippen LogP contribution in [0.4, 0.5) is 5.69 Å². The average Bonchev–Trinajstić information content (AvgIpc) is 2.88. The highest BCUT2D eigenvalue weighted by Crippen LogP contribution is 2.31. The number of benzene rings is 2. The molecule has 0 aliphatic carbocycles. The SMILES string of the molecule is COc1ccccc1CNC(=O)C(=O)NC[C@H](c1ccc2c(c1)CCCN2C)N1CCCCC1. The Balaban J connectivity index is 1.41. The number of para-hydroxylation sites is 1. The van der Waals surface area contributed by atoms with Crippen molar-refractivity contribution in [1.29, 1.82) is 0 Å². The van der Waals surface area contributed by atoms with E-state index >= 15 is 0 Å². The zero-order valence-electron chi connectivity index (χ0n) is 20.3. The van der Waals surface area contributed by atoms with Crippen molar-refractivity contribution in [2.75, 3.05) is 45.2 Å². The molecule has 2 aromatic carbocycles. The number of hydrogen-bond donors (Lipinski definition) is 2. The van der Waals surface area contributed by atoms with Crippen LogP contribution in [-0.2, 0) is 22.6 Å². The molecule has 182 valence electrons. The maximum absolute atomic E-state index is 12.6. The van der Waals surface area contributed by atoms with Gasteiger partial charge >= 0.3 is 11.8 Å². The summed E-state index contributed by atoms with van der Waals surface area (Å²) in [5.74, 6) is -0.545.